The van der Waals surface area contributed by atoms with E-state index in [-0.39, 0.29) is 22.5 Å². The van der Waals surface area contributed by atoms with E-state index in [0.717, 1.165) is 5.75 Å². The molecule has 3 aromatic carbocycles. The maximum absolute atomic E-state index is 12.7. The van der Waals surface area contributed by atoms with Gasteiger partial charge in [0.15, 0.2) is 5.11 Å². The van der Waals surface area contributed by atoms with Crippen molar-refractivity contribution in [3.05, 3.63) is 90.0 Å². The molecule has 0 aliphatic rings. The fourth-order valence-corrected chi connectivity index (χ4v) is 3.26. The third-order valence-electron chi connectivity index (χ3n) is 4.56. The Morgan fingerprint density at radius 3 is 2.06 bits per heavy atom. The average Bonchev–Trinajstić information content (AvgIpc) is 2.82. The molecule has 0 aromatic heterocycles. The third-order valence-corrected chi connectivity index (χ3v) is 4.76. The van der Waals surface area contributed by atoms with Crippen molar-refractivity contribution in [3.8, 4) is 11.5 Å². The number of amides is 2. The Morgan fingerprint density at radius 2 is 1.37 bits per heavy atom. The summed E-state index contributed by atoms with van der Waals surface area (Å²) >= 11 is 5.28. The van der Waals surface area contributed by atoms with Gasteiger partial charge in [0, 0.05) is 22.4 Å². The van der Waals surface area contributed by atoms with Crippen LogP contribution >= 0.6 is 12.2 Å². The highest BCUT2D eigenvalue weighted by Gasteiger charge is 2.16. The number of carbonyl (C=O) groups is 2. The fraction of sp³-hybridized carbons (Fsp3) is 0.222. The molecule has 0 saturated carbocycles. The normalized spacial score (nSPS) is 10.7. The minimum absolute atomic E-state index is 0.117. The van der Waals surface area contributed by atoms with Gasteiger partial charge in [-0.05, 0) is 81.5 Å². The molecule has 0 unspecified atom stereocenters. The molecule has 0 atom stereocenters. The molecular weight excluding hydrogens is 462 g/mol. The van der Waals surface area contributed by atoms with Crippen LogP contribution in [0, 0.1) is 0 Å². The first kappa shape index (κ1) is 25.7. The Kier molecular flexibility index (Phi) is 8.80. The van der Waals surface area contributed by atoms with Gasteiger partial charge < -0.3 is 20.1 Å². The Bertz CT molecular complexity index is 1180. The summed E-state index contributed by atoms with van der Waals surface area (Å²) < 4.78 is 11.3. The van der Waals surface area contributed by atoms with Crippen LogP contribution in [0.3, 0.4) is 0 Å². The predicted molar refractivity (Wildman–Crippen MR) is 141 cm³/mol. The number of anilines is 1. The molecule has 3 rings (SSSR count). The molecule has 7 nitrogen and oxygen atoms in total. The van der Waals surface area contributed by atoms with E-state index in [0.29, 0.717) is 35.8 Å². The van der Waals surface area contributed by atoms with Crippen LogP contribution in [0.5, 0.6) is 11.5 Å². The smallest absolute Gasteiger partial charge is 0.257 e. The number of hydrogen-bond acceptors (Lipinski definition) is 5. The minimum Gasteiger partial charge on any atom is -0.490 e. The molecular formula is C27H29N3O4S. The van der Waals surface area contributed by atoms with E-state index in [2.05, 4.69) is 16.0 Å². The summed E-state index contributed by atoms with van der Waals surface area (Å²) in [5.41, 5.74) is 1.12. The van der Waals surface area contributed by atoms with Crippen LogP contribution in [0.4, 0.5) is 5.69 Å². The van der Waals surface area contributed by atoms with Crippen molar-refractivity contribution in [1.82, 2.24) is 10.6 Å². The van der Waals surface area contributed by atoms with Gasteiger partial charge in [0.25, 0.3) is 11.8 Å². The zero-order valence-electron chi connectivity index (χ0n) is 20.0. The summed E-state index contributed by atoms with van der Waals surface area (Å²) in [6.07, 6.45) is 0. The minimum atomic E-state index is -0.380. The van der Waals surface area contributed by atoms with Gasteiger partial charge in [-0.2, -0.15) is 0 Å². The Labute approximate surface area is 210 Å². The lowest BCUT2D eigenvalue weighted by molar-refractivity contribution is 0.0918. The van der Waals surface area contributed by atoms with Crippen LogP contribution in [0.1, 0.15) is 41.5 Å². The zero-order chi connectivity index (χ0) is 25.3. The SMILES string of the molecule is CC(C)(C)NC(=O)c1cccc(NC(=S)NC(=O)c2cccc(OCCOc3ccccc3)c2)c1. The number of ether oxygens (including phenoxy) is 2. The highest BCUT2D eigenvalue weighted by Crippen LogP contribution is 2.15. The van der Waals surface area contributed by atoms with Gasteiger partial charge in [-0.3, -0.25) is 14.9 Å². The first-order valence-electron chi connectivity index (χ1n) is 11.2. The van der Waals surface area contributed by atoms with Gasteiger partial charge in [-0.25, -0.2) is 0 Å². The van der Waals surface area contributed by atoms with Gasteiger partial charge in [0.2, 0.25) is 0 Å². The van der Waals surface area contributed by atoms with Crippen LogP contribution in [0.2, 0.25) is 0 Å². The zero-order valence-corrected chi connectivity index (χ0v) is 20.8. The summed E-state index contributed by atoms with van der Waals surface area (Å²) in [7, 11) is 0. The first-order chi connectivity index (χ1) is 16.7. The molecule has 0 heterocycles. The summed E-state index contributed by atoms with van der Waals surface area (Å²) in [5.74, 6) is 0.744. The van der Waals surface area contributed by atoms with Gasteiger partial charge in [0.1, 0.15) is 24.7 Å². The van der Waals surface area contributed by atoms with E-state index in [4.69, 9.17) is 21.7 Å². The van der Waals surface area contributed by atoms with E-state index < -0.39 is 0 Å². The standard InChI is InChI=1S/C27H29N3O4S/c1-27(2,3)30-25(32)19-9-7-11-21(17-19)28-26(35)29-24(31)20-10-8-14-23(18-20)34-16-15-33-22-12-5-4-6-13-22/h4-14,17-18H,15-16H2,1-3H3,(H,30,32)(H2,28,29,31,35). The number of hydrogen-bond donors (Lipinski definition) is 3. The second-order valence-electron chi connectivity index (χ2n) is 8.73. The van der Waals surface area contributed by atoms with Crippen molar-refractivity contribution in [2.24, 2.45) is 0 Å². The summed E-state index contributed by atoms with van der Waals surface area (Å²) in [6.45, 7) is 6.45. The summed E-state index contributed by atoms with van der Waals surface area (Å²) in [5, 5.41) is 8.62. The molecule has 0 bridgehead atoms. The summed E-state index contributed by atoms with van der Waals surface area (Å²) in [4.78, 5) is 25.1. The monoisotopic (exact) mass is 491 g/mol. The van der Waals surface area contributed by atoms with Crippen molar-refractivity contribution in [2.45, 2.75) is 26.3 Å². The van der Waals surface area contributed by atoms with Crippen LogP contribution in [0.25, 0.3) is 0 Å². The topological polar surface area (TPSA) is 88.7 Å². The predicted octanol–water partition coefficient (Wildman–Crippen LogP) is 4.80. The molecule has 2 amide bonds. The van der Waals surface area contributed by atoms with Gasteiger partial charge in [0.05, 0.1) is 0 Å². The molecule has 35 heavy (non-hydrogen) atoms. The summed E-state index contributed by atoms with van der Waals surface area (Å²) in [6, 6.07) is 23.2. The van der Waals surface area contributed by atoms with E-state index in [1.54, 1.807) is 48.5 Å². The maximum atomic E-state index is 12.7. The molecule has 0 radical (unpaired) electrons. The molecule has 182 valence electrons. The Balaban J connectivity index is 1.51. The van der Waals surface area contributed by atoms with Gasteiger partial charge >= 0.3 is 0 Å². The fourth-order valence-electron chi connectivity index (χ4n) is 3.05. The van der Waals surface area contributed by atoms with Crippen LogP contribution in [-0.4, -0.2) is 35.7 Å². The highest BCUT2D eigenvalue weighted by molar-refractivity contribution is 7.80. The quantitative estimate of drug-likeness (QED) is 0.310. The number of benzene rings is 3. The number of para-hydroxylation sites is 1. The number of thiocarbonyl (C=S) groups is 1. The van der Waals surface area contributed by atoms with E-state index in [1.165, 1.54) is 0 Å². The second kappa shape index (κ2) is 12.0. The van der Waals surface area contributed by atoms with Crippen LogP contribution < -0.4 is 25.4 Å². The van der Waals surface area contributed by atoms with Crippen molar-refractivity contribution in [3.63, 3.8) is 0 Å². The number of rotatable bonds is 8. The van der Waals surface area contributed by atoms with E-state index in [9.17, 15) is 9.59 Å². The van der Waals surface area contributed by atoms with Crippen LogP contribution in [0.15, 0.2) is 78.9 Å². The third kappa shape index (κ3) is 8.75. The molecule has 8 heteroatoms. The molecule has 0 spiro atoms. The Hall–Kier alpha value is -3.91. The molecule has 3 N–H and O–H groups in total. The Morgan fingerprint density at radius 1 is 0.771 bits per heavy atom. The van der Waals surface area contributed by atoms with Gasteiger partial charge in [-0.15, -0.1) is 0 Å². The second-order valence-corrected chi connectivity index (χ2v) is 9.14. The van der Waals surface area contributed by atoms with Gasteiger partial charge in [-0.1, -0.05) is 30.3 Å². The van der Waals surface area contributed by atoms with Crippen molar-refractivity contribution < 1.29 is 19.1 Å². The lowest BCUT2D eigenvalue weighted by Gasteiger charge is -2.20. The largest absolute Gasteiger partial charge is 0.490 e. The average molecular weight is 492 g/mol. The lowest BCUT2D eigenvalue weighted by atomic mass is 10.1. The maximum Gasteiger partial charge on any atom is 0.257 e. The number of nitrogens with one attached hydrogen (secondary N) is 3. The van der Waals surface area contributed by atoms with Crippen molar-refractivity contribution >= 4 is 34.8 Å². The highest BCUT2D eigenvalue weighted by atomic mass is 32.1. The van der Waals surface area contributed by atoms with Crippen LogP contribution in [-0.2, 0) is 0 Å². The van der Waals surface area contributed by atoms with E-state index in [1.807, 2.05) is 51.1 Å². The molecule has 3 aromatic rings. The molecule has 0 aliphatic heterocycles. The molecule has 0 aliphatic carbocycles. The van der Waals surface area contributed by atoms with Crippen molar-refractivity contribution in [1.29, 1.82) is 0 Å². The number of carbonyl (C=O) groups excluding carboxylic acids is 2. The molecule has 0 fully saturated rings. The lowest BCUT2D eigenvalue weighted by Crippen LogP contribution is -2.40. The van der Waals surface area contributed by atoms with Crippen molar-refractivity contribution in [2.75, 3.05) is 18.5 Å². The molecule has 0 saturated heterocycles. The van der Waals surface area contributed by atoms with E-state index >= 15 is 0 Å². The first-order valence-corrected chi connectivity index (χ1v) is 11.6.